The number of hydrogen-bond donors (Lipinski definition) is 0. The SMILES string of the molecule is [C-]#[N+]c1cc(C)c2oc(-c3ccc(/C=C/C(=O)OC(C)(C)C)cc3)nc2c1. The Morgan fingerprint density at radius 2 is 1.93 bits per heavy atom. The van der Waals surface area contributed by atoms with Gasteiger partial charge in [-0.1, -0.05) is 12.1 Å². The van der Waals surface area contributed by atoms with Crippen molar-refractivity contribution in [2.75, 3.05) is 0 Å². The maximum absolute atomic E-state index is 11.7. The van der Waals surface area contributed by atoms with Crippen molar-refractivity contribution in [2.45, 2.75) is 33.3 Å². The van der Waals surface area contributed by atoms with E-state index in [0.29, 0.717) is 22.7 Å². The van der Waals surface area contributed by atoms with Gasteiger partial charge in [-0.15, -0.1) is 0 Å². The fourth-order valence-corrected chi connectivity index (χ4v) is 2.61. The highest BCUT2D eigenvalue weighted by atomic mass is 16.6. The number of esters is 1. The van der Waals surface area contributed by atoms with Gasteiger partial charge in [0.15, 0.2) is 11.3 Å². The molecule has 0 saturated heterocycles. The first-order valence-corrected chi connectivity index (χ1v) is 8.55. The summed E-state index contributed by atoms with van der Waals surface area (Å²) in [6.45, 7) is 14.5. The summed E-state index contributed by atoms with van der Waals surface area (Å²) in [5.41, 5.74) is 3.97. The maximum Gasteiger partial charge on any atom is 0.331 e. The Kier molecular flexibility index (Phi) is 4.83. The van der Waals surface area contributed by atoms with Crippen LogP contribution >= 0.6 is 0 Å². The van der Waals surface area contributed by atoms with E-state index in [4.69, 9.17) is 15.7 Å². The third-order valence-electron chi connectivity index (χ3n) is 3.77. The van der Waals surface area contributed by atoms with E-state index in [2.05, 4.69) is 9.83 Å². The molecule has 3 rings (SSSR count). The van der Waals surface area contributed by atoms with Gasteiger partial charge in [0.2, 0.25) is 5.89 Å². The molecule has 1 aromatic heterocycles. The molecule has 0 aliphatic carbocycles. The van der Waals surface area contributed by atoms with Crippen LogP contribution in [0.1, 0.15) is 31.9 Å². The van der Waals surface area contributed by atoms with Gasteiger partial charge < -0.3 is 9.15 Å². The van der Waals surface area contributed by atoms with Crippen LogP contribution in [0.4, 0.5) is 5.69 Å². The van der Waals surface area contributed by atoms with Crippen LogP contribution in [0, 0.1) is 13.5 Å². The minimum atomic E-state index is -0.510. The number of hydrogen-bond acceptors (Lipinski definition) is 4. The Balaban J connectivity index is 1.81. The molecule has 0 atom stereocenters. The lowest BCUT2D eigenvalue weighted by molar-refractivity contribution is -0.148. The second kappa shape index (κ2) is 7.08. The van der Waals surface area contributed by atoms with Crippen LogP contribution in [0.2, 0.25) is 0 Å². The molecular formula is C22H20N2O3. The van der Waals surface area contributed by atoms with Crippen molar-refractivity contribution in [2.24, 2.45) is 0 Å². The van der Waals surface area contributed by atoms with Gasteiger partial charge in [-0.05, 0) is 69.2 Å². The third-order valence-corrected chi connectivity index (χ3v) is 3.77. The van der Waals surface area contributed by atoms with Gasteiger partial charge in [0.1, 0.15) is 5.60 Å². The first kappa shape index (κ1) is 18.4. The van der Waals surface area contributed by atoms with Crippen molar-refractivity contribution >= 4 is 28.8 Å². The molecule has 0 aliphatic heterocycles. The Hall–Kier alpha value is -3.39. The highest BCUT2D eigenvalue weighted by molar-refractivity contribution is 5.87. The topological polar surface area (TPSA) is 56.7 Å². The molecule has 5 nitrogen and oxygen atoms in total. The summed E-state index contributed by atoms with van der Waals surface area (Å²) in [5.74, 6) is 0.120. The van der Waals surface area contributed by atoms with Crippen molar-refractivity contribution in [1.82, 2.24) is 4.98 Å². The highest BCUT2D eigenvalue weighted by Gasteiger charge is 2.14. The Bertz CT molecular complexity index is 1060. The second-order valence-corrected chi connectivity index (χ2v) is 7.23. The lowest BCUT2D eigenvalue weighted by atomic mass is 10.1. The van der Waals surface area contributed by atoms with Gasteiger partial charge in [0.05, 0.1) is 12.1 Å². The Labute approximate surface area is 158 Å². The number of fused-ring (bicyclic) bond motifs is 1. The normalized spacial score (nSPS) is 11.7. The van der Waals surface area contributed by atoms with Crippen LogP contribution in [-0.4, -0.2) is 16.6 Å². The smallest absolute Gasteiger partial charge is 0.331 e. The first-order valence-electron chi connectivity index (χ1n) is 8.55. The quantitative estimate of drug-likeness (QED) is 0.341. The van der Waals surface area contributed by atoms with Crippen molar-refractivity contribution < 1.29 is 13.9 Å². The molecule has 0 fully saturated rings. The number of aromatic nitrogens is 1. The van der Waals surface area contributed by atoms with E-state index >= 15 is 0 Å². The summed E-state index contributed by atoms with van der Waals surface area (Å²) >= 11 is 0. The summed E-state index contributed by atoms with van der Waals surface area (Å²) in [7, 11) is 0. The van der Waals surface area contributed by atoms with Gasteiger partial charge in [-0.3, -0.25) is 0 Å². The Morgan fingerprint density at radius 1 is 1.22 bits per heavy atom. The van der Waals surface area contributed by atoms with Crippen LogP contribution in [0.25, 0.3) is 33.5 Å². The molecule has 1 heterocycles. The minimum absolute atomic E-state index is 0.378. The van der Waals surface area contributed by atoms with Gasteiger partial charge in [0, 0.05) is 11.6 Å². The lowest BCUT2D eigenvalue weighted by Gasteiger charge is -2.17. The lowest BCUT2D eigenvalue weighted by Crippen LogP contribution is -2.22. The average Bonchev–Trinajstić information content (AvgIpc) is 3.03. The predicted molar refractivity (Wildman–Crippen MR) is 105 cm³/mol. The third kappa shape index (κ3) is 4.42. The summed E-state index contributed by atoms with van der Waals surface area (Å²) in [6, 6.07) is 11.0. The van der Waals surface area contributed by atoms with Crippen LogP contribution in [0.5, 0.6) is 0 Å². The monoisotopic (exact) mass is 360 g/mol. The minimum Gasteiger partial charge on any atom is -0.457 e. The summed E-state index contributed by atoms with van der Waals surface area (Å²) in [5, 5.41) is 0. The van der Waals surface area contributed by atoms with Crippen molar-refractivity contribution in [3.63, 3.8) is 0 Å². The molecule has 0 unspecified atom stereocenters. The number of carbonyl (C=O) groups is 1. The number of nitrogens with zero attached hydrogens (tertiary/aromatic N) is 2. The standard InChI is InChI=1S/C22H20N2O3/c1-14-12-17(23-5)13-18-20(14)26-21(24-18)16-9-6-15(7-10-16)8-11-19(25)27-22(2,3)4/h6-13H,1-4H3/b11-8+. The van der Waals surface area contributed by atoms with Gasteiger partial charge in [-0.2, -0.15) is 0 Å². The summed E-state index contributed by atoms with van der Waals surface area (Å²) in [4.78, 5) is 19.7. The first-order chi connectivity index (χ1) is 12.7. The number of carbonyl (C=O) groups excluding carboxylic acids is 1. The molecule has 0 N–H and O–H groups in total. The van der Waals surface area contributed by atoms with E-state index in [1.165, 1.54) is 6.08 Å². The molecule has 0 saturated carbocycles. The second-order valence-electron chi connectivity index (χ2n) is 7.23. The largest absolute Gasteiger partial charge is 0.457 e. The number of aryl methyl sites for hydroxylation is 1. The molecule has 27 heavy (non-hydrogen) atoms. The molecule has 0 aliphatic rings. The van der Waals surface area contributed by atoms with Gasteiger partial charge in [0.25, 0.3) is 0 Å². The van der Waals surface area contributed by atoms with Gasteiger partial charge >= 0.3 is 5.97 Å². The fourth-order valence-electron chi connectivity index (χ4n) is 2.61. The summed E-state index contributed by atoms with van der Waals surface area (Å²) in [6.07, 6.45) is 3.12. The van der Waals surface area contributed by atoms with E-state index in [0.717, 1.165) is 16.7 Å². The van der Waals surface area contributed by atoms with E-state index in [1.54, 1.807) is 18.2 Å². The Morgan fingerprint density at radius 3 is 2.56 bits per heavy atom. The number of benzene rings is 2. The van der Waals surface area contributed by atoms with E-state index in [1.807, 2.05) is 52.0 Å². The fraction of sp³-hybridized carbons (Fsp3) is 0.227. The van der Waals surface area contributed by atoms with Gasteiger partial charge in [-0.25, -0.2) is 14.6 Å². The van der Waals surface area contributed by atoms with E-state index in [9.17, 15) is 4.79 Å². The van der Waals surface area contributed by atoms with Crippen molar-refractivity contribution in [3.05, 3.63) is 65.0 Å². The van der Waals surface area contributed by atoms with Crippen LogP contribution < -0.4 is 0 Å². The van der Waals surface area contributed by atoms with Crippen molar-refractivity contribution in [3.8, 4) is 11.5 Å². The zero-order chi connectivity index (χ0) is 19.6. The summed E-state index contributed by atoms with van der Waals surface area (Å²) < 4.78 is 11.1. The molecule has 0 radical (unpaired) electrons. The molecule has 5 heteroatoms. The van der Waals surface area contributed by atoms with Crippen LogP contribution in [0.3, 0.4) is 0 Å². The highest BCUT2D eigenvalue weighted by Crippen LogP contribution is 2.30. The maximum atomic E-state index is 11.7. The van der Waals surface area contributed by atoms with Crippen molar-refractivity contribution in [1.29, 1.82) is 0 Å². The molecule has 136 valence electrons. The predicted octanol–water partition coefficient (Wildman–Crippen LogP) is 5.71. The molecule has 2 aromatic carbocycles. The zero-order valence-electron chi connectivity index (χ0n) is 15.7. The molecule has 0 amide bonds. The zero-order valence-corrected chi connectivity index (χ0v) is 15.7. The molecular weight excluding hydrogens is 340 g/mol. The number of ether oxygens (including phenoxy) is 1. The van der Waals surface area contributed by atoms with Crippen LogP contribution in [0.15, 0.2) is 46.9 Å². The average molecular weight is 360 g/mol. The van der Waals surface area contributed by atoms with E-state index in [-0.39, 0.29) is 5.97 Å². The van der Waals surface area contributed by atoms with Crippen LogP contribution in [-0.2, 0) is 9.53 Å². The van der Waals surface area contributed by atoms with E-state index < -0.39 is 5.60 Å². The molecule has 3 aromatic rings. The number of rotatable bonds is 3. The molecule has 0 spiro atoms. The number of oxazole rings is 1. The molecule has 0 bridgehead atoms.